The monoisotopic (exact) mass is 245 g/mol. The van der Waals surface area contributed by atoms with E-state index in [1.807, 2.05) is 5.92 Å². The molecule has 17 heavy (non-hydrogen) atoms. The fraction of sp³-hybridized carbons (Fsp3) is 0.750. The van der Waals surface area contributed by atoms with E-state index in [0.717, 1.165) is 0 Å². The summed E-state index contributed by atoms with van der Waals surface area (Å²) in [4.78, 5) is 12.7. The van der Waals surface area contributed by atoms with E-state index >= 15 is 0 Å². The number of nitrogens with zero attached hydrogens (tertiary/aromatic N) is 1. The summed E-state index contributed by atoms with van der Waals surface area (Å²) in [7, 11) is 3.26. The van der Waals surface area contributed by atoms with Gasteiger partial charge in [-0.05, 0) is 18.8 Å². The molecule has 1 aliphatic carbocycles. The Bertz CT molecular complexity index is 331. The lowest BCUT2D eigenvalue weighted by molar-refractivity contribution is -0.136. The first-order valence-corrected chi connectivity index (χ1v) is 5.60. The van der Waals surface area contributed by atoms with Gasteiger partial charge in [0.05, 0.1) is 6.10 Å². The fourth-order valence-corrected chi connectivity index (χ4v) is 1.46. The third-order valence-corrected chi connectivity index (χ3v) is 2.58. The molecule has 0 aliphatic heterocycles. The van der Waals surface area contributed by atoms with Crippen LogP contribution in [0.4, 0.5) is 8.78 Å². The predicted octanol–water partition coefficient (Wildman–Crippen LogP) is 1.67. The number of likely N-dealkylation sites (N-methyl/N-ethyl adjacent to an activating group) is 1. The summed E-state index contributed by atoms with van der Waals surface area (Å²) < 4.78 is 31.4. The van der Waals surface area contributed by atoms with Gasteiger partial charge in [-0.25, -0.2) is 0 Å². The lowest BCUT2D eigenvalue weighted by atomic mass is 10.0. The van der Waals surface area contributed by atoms with Crippen molar-refractivity contribution in [2.45, 2.75) is 37.7 Å². The van der Waals surface area contributed by atoms with Gasteiger partial charge in [-0.3, -0.25) is 4.79 Å². The number of hydrogen-bond donors (Lipinski definition) is 0. The molecule has 0 aromatic heterocycles. The highest BCUT2D eigenvalue weighted by molar-refractivity contribution is 5.76. The van der Waals surface area contributed by atoms with Gasteiger partial charge in [-0.15, -0.1) is 0 Å². The van der Waals surface area contributed by atoms with Gasteiger partial charge in [0.15, 0.2) is 0 Å². The van der Waals surface area contributed by atoms with E-state index in [2.05, 4.69) is 5.92 Å². The summed E-state index contributed by atoms with van der Waals surface area (Å²) in [5.74, 6) is 1.31. The van der Waals surface area contributed by atoms with Crippen LogP contribution in [0.15, 0.2) is 0 Å². The topological polar surface area (TPSA) is 29.5 Å². The van der Waals surface area contributed by atoms with Crippen molar-refractivity contribution in [3.05, 3.63) is 0 Å². The predicted molar refractivity (Wildman–Crippen MR) is 59.6 cm³/mol. The smallest absolute Gasteiger partial charge is 0.308 e. The van der Waals surface area contributed by atoms with Crippen molar-refractivity contribution in [1.29, 1.82) is 0 Å². The molecule has 0 N–H and O–H groups in total. The third kappa shape index (κ3) is 5.14. The minimum Gasteiger partial charge on any atom is -0.368 e. The molecule has 0 saturated heterocycles. The fourth-order valence-electron chi connectivity index (χ4n) is 1.46. The van der Waals surface area contributed by atoms with Crippen LogP contribution in [0.1, 0.15) is 25.7 Å². The molecule has 5 heteroatoms. The van der Waals surface area contributed by atoms with Crippen LogP contribution in [-0.2, 0) is 9.53 Å². The highest BCUT2D eigenvalue weighted by Gasteiger charge is 2.28. The Morgan fingerprint density at radius 3 is 2.82 bits per heavy atom. The molecular weight excluding hydrogens is 228 g/mol. The molecular formula is C12H17F2NO2. The molecule has 1 aliphatic rings. The lowest BCUT2D eigenvalue weighted by Gasteiger charge is -2.21. The Morgan fingerprint density at radius 1 is 1.47 bits per heavy atom. The highest BCUT2D eigenvalue weighted by Crippen LogP contribution is 2.24. The van der Waals surface area contributed by atoms with Crippen molar-refractivity contribution < 1.29 is 18.3 Å². The summed E-state index contributed by atoms with van der Waals surface area (Å²) in [6, 6.07) is 0. The number of alkyl halides is 2. The van der Waals surface area contributed by atoms with Crippen LogP contribution in [0, 0.1) is 11.8 Å². The van der Waals surface area contributed by atoms with E-state index in [0.29, 0.717) is 12.8 Å². The summed E-state index contributed by atoms with van der Waals surface area (Å²) in [6.45, 7) is -0.0589. The van der Waals surface area contributed by atoms with Crippen LogP contribution in [0.5, 0.6) is 0 Å². The van der Waals surface area contributed by atoms with E-state index in [1.165, 1.54) is 4.90 Å². The summed E-state index contributed by atoms with van der Waals surface area (Å²) >= 11 is 0. The van der Waals surface area contributed by atoms with Crippen molar-refractivity contribution in [2.75, 3.05) is 20.7 Å². The van der Waals surface area contributed by atoms with Crippen LogP contribution in [-0.4, -0.2) is 43.5 Å². The first-order valence-electron chi connectivity index (χ1n) is 5.60. The molecule has 0 saturated carbocycles. The summed E-state index contributed by atoms with van der Waals surface area (Å²) in [6.07, 6.45) is 0.614. The number of amides is 1. The largest absolute Gasteiger partial charge is 0.368 e. The number of carbonyl (C=O) groups excluding carboxylic acids is 1. The second kappa shape index (κ2) is 5.97. The number of carbonyl (C=O) groups is 1. The van der Waals surface area contributed by atoms with E-state index in [4.69, 9.17) is 4.74 Å². The van der Waals surface area contributed by atoms with Gasteiger partial charge in [0.1, 0.15) is 6.61 Å². The number of hydrogen-bond acceptors (Lipinski definition) is 2. The maximum atomic E-state index is 13.0. The summed E-state index contributed by atoms with van der Waals surface area (Å²) in [5.41, 5.74) is 0. The first kappa shape index (κ1) is 13.9. The number of ether oxygens (including phenoxy) is 1. The van der Waals surface area contributed by atoms with Gasteiger partial charge >= 0.3 is 5.92 Å². The van der Waals surface area contributed by atoms with Crippen LogP contribution < -0.4 is 0 Å². The zero-order chi connectivity index (χ0) is 12.9. The second-order valence-electron chi connectivity index (χ2n) is 4.30. The molecule has 0 radical (unpaired) electrons. The highest BCUT2D eigenvalue weighted by atomic mass is 19.3. The van der Waals surface area contributed by atoms with E-state index in [-0.39, 0.29) is 31.5 Å². The van der Waals surface area contributed by atoms with Crippen molar-refractivity contribution in [1.82, 2.24) is 4.90 Å². The molecule has 0 spiro atoms. The zero-order valence-electron chi connectivity index (χ0n) is 10.1. The Morgan fingerprint density at radius 2 is 2.18 bits per heavy atom. The molecule has 0 heterocycles. The lowest BCUT2D eigenvalue weighted by Crippen LogP contribution is -2.30. The molecule has 1 rings (SSSR count). The molecule has 0 bridgehead atoms. The van der Waals surface area contributed by atoms with Crippen molar-refractivity contribution in [3.8, 4) is 11.8 Å². The minimum atomic E-state index is -2.92. The van der Waals surface area contributed by atoms with Gasteiger partial charge in [0, 0.05) is 26.9 Å². The zero-order valence-corrected chi connectivity index (χ0v) is 10.1. The van der Waals surface area contributed by atoms with Crippen LogP contribution in [0.3, 0.4) is 0 Å². The van der Waals surface area contributed by atoms with Gasteiger partial charge in [-0.1, -0.05) is 5.92 Å². The van der Waals surface area contributed by atoms with E-state index in [1.54, 1.807) is 14.1 Å². The van der Waals surface area contributed by atoms with E-state index in [9.17, 15) is 13.6 Å². The molecule has 0 fully saturated rings. The van der Waals surface area contributed by atoms with Gasteiger partial charge in [-0.2, -0.15) is 8.78 Å². The molecule has 0 aromatic carbocycles. The van der Waals surface area contributed by atoms with Gasteiger partial charge in [0.2, 0.25) is 5.91 Å². The third-order valence-electron chi connectivity index (χ3n) is 2.58. The Kier molecular flexibility index (Phi) is 4.88. The van der Waals surface area contributed by atoms with Crippen LogP contribution in [0.25, 0.3) is 0 Å². The van der Waals surface area contributed by atoms with Crippen LogP contribution >= 0.6 is 0 Å². The van der Waals surface area contributed by atoms with Crippen molar-refractivity contribution >= 4 is 5.91 Å². The number of halogens is 2. The van der Waals surface area contributed by atoms with Crippen molar-refractivity contribution in [2.24, 2.45) is 0 Å². The SMILES string of the molecule is CN(C)C(=O)COC1CCC#CC(F)(F)CC1. The molecule has 0 aromatic rings. The average Bonchev–Trinajstić information content (AvgIpc) is 2.23. The molecule has 96 valence electrons. The summed E-state index contributed by atoms with van der Waals surface area (Å²) in [5, 5.41) is 0. The maximum absolute atomic E-state index is 13.0. The van der Waals surface area contributed by atoms with Gasteiger partial charge < -0.3 is 9.64 Å². The molecule has 3 nitrogen and oxygen atoms in total. The molecule has 1 amide bonds. The Hall–Kier alpha value is -1.15. The van der Waals surface area contributed by atoms with Crippen molar-refractivity contribution in [3.63, 3.8) is 0 Å². The second-order valence-corrected chi connectivity index (χ2v) is 4.30. The molecule has 1 atom stereocenters. The van der Waals surface area contributed by atoms with E-state index < -0.39 is 5.92 Å². The number of rotatable bonds is 3. The maximum Gasteiger partial charge on any atom is 0.308 e. The quantitative estimate of drug-likeness (QED) is 0.708. The molecule has 1 unspecified atom stereocenters. The normalized spacial score (nSPS) is 22.9. The van der Waals surface area contributed by atoms with Gasteiger partial charge in [0.25, 0.3) is 0 Å². The average molecular weight is 245 g/mol. The minimum absolute atomic E-state index is 0.0589. The standard InChI is InChI=1S/C12H17F2NO2/c1-15(2)11(16)9-17-10-5-3-4-7-12(13,14)8-6-10/h10H,3,5-6,8-9H2,1-2H3. The first-order chi connectivity index (χ1) is 7.91. The Balaban J connectivity index is 2.41. The Labute approximate surface area is 100 Å². The van der Waals surface area contributed by atoms with Crippen LogP contribution in [0.2, 0.25) is 0 Å².